The van der Waals surface area contributed by atoms with Gasteiger partial charge in [0.1, 0.15) is 0 Å². The minimum absolute atomic E-state index is 0.0845. The normalized spacial score (nSPS) is 10.7. The quantitative estimate of drug-likeness (QED) is 0.457. The summed E-state index contributed by atoms with van der Waals surface area (Å²) in [6.45, 7) is 3.95. The van der Waals surface area contributed by atoms with Crippen LogP contribution in [-0.2, 0) is 6.54 Å². The SMILES string of the molecule is CC(=O)c1sc(NC(=O)c2cnn(Cc3ccccc3)c2C)nc1-c1ccccc1. The Balaban J connectivity index is 1.57. The summed E-state index contributed by atoms with van der Waals surface area (Å²) < 4.78 is 1.79. The van der Waals surface area contributed by atoms with Crippen LogP contribution in [0.25, 0.3) is 11.3 Å². The minimum Gasteiger partial charge on any atom is -0.298 e. The number of hydrogen-bond acceptors (Lipinski definition) is 5. The van der Waals surface area contributed by atoms with E-state index in [0.29, 0.717) is 27.8 Å². The van der Waals surface area contributed by atoms with Gasteiger partial charge in [-0.15, -0.1) is 0 Å². The average Bonchev–Trinajstić information content (AvgIpc) is 3.34. The van der Waals surface area contributed by atoms with E-state index in [0.717, 1.165) is 16.8 Å². The van der Waals surface area contributed by atoms with Crippen molar-refractivity contribution in [3.63, 3.8) is 0 Å². The van der Waals surface area contributed by atoms with Crippen molar-refractivity contribution < 1.29 is 9.59 Å². The third kappa shape index (κ3) is 4.06. The Morgan fingerprint density at radius 1 is 1.03 bits per heavy atom. The van der Waals surface area contributed by atoms with Gasteiger partial charge in [0.2, 0.25) is 0 Å². The standard InChI is InChI=1S/C23H20N4O2S/c1-15-19(13-24-27(15)14-17-9-5-3-6-10-17)22(29)26-23-25-20(21(30-23)16(2)28)18-11-7-4-8-12-18/h3-13H,14H2,1-2H3,(H,25,26,29). The number of thiazole rings is 1. The molecule has 0 fully saturated rings. The highest BCUT2D eigenvalue weighted by Gasteiger charge is 2.20. The van der Waals surface area contributed by atoms with Gasteiger partial charge in [-0.1, -0.05) is 72.0 Å². The van der Waals surface area contributed by atoms with Crippen molar-refractivity contribution in [2.45, 2.75) is 20.4 Å². The summed E-state index contributed by atoms with van der Waals surface area (Å²) in [5, 5.41) is 7.57. The number of amides is 1. The van der Waals surface area contributed by atoms with Crippen LogP contribution in [0.4, 0.5) is 5.13 Å². The lowest BCUT2D eigenvalue weighted by Gasteiger charge is -2.05. The molecule has 0 aliphatic heterocycles. The summed E-state index contributed by atoms with van der Waals surface area (Å²) in [5.74, 6) is -0.381. The predicted molar refractivity (Wildman–Crippen MR) is 118 cm³/mol. The molecule has 4 aromatic rings. The lowest BCUT2D eigenvalue weighted by Crippen LogP contribution is -2.13. The van der Waals surface area contributed by atoms with Gasteiger partial charge in [0.05, 0.1) is 28.9 Å². The number of carbonyl (C=O) groups is 2. The number of benzene rings is 2. The fourth-order valence-corrected chi connectivity index (χ4v) is 4.03. The van der Waals surface area contributed by atoms with Crippen LogP contribution in [-0.4, -0.2) is 26.5 Å². The second kappa shape index (κ2) is 8.42. The first kappa shape index (κ1) is 19.7. The molecule has 0 atom stereocenters. The molecule has 1 amide bonds. The summed E-state index contributed by atoms with van der Waals surface area (Å²) in [6.07, 6.45) is 1.56. The summed E-state index contributed by atoms with van der Waals surface area (Å²) >= 11 is 1.18. The molecule has 4 rings (SSSR count). The highest BCUT2D eigenvalue weighted by atomic mass is 32.1. The van der Waals surface area contributed by atoms with Gasteiger partial charge < -0.3 is 0 Å². The van der Waals surface area contributed by atoms with E-state index in [1.54, 1.807) is 10.9 Å². The third-order valence-electron chi connectivity index (χ3n) is 4.74. The van der Waals surface area contributed by atoms with Crippen LogP contribution >= 0.6 is 11.3 Å². The van der Waals surface area contributed by atoms with Crippen molar-refractivity contribution in [1.29, 1.82) is 0 Å². The largest absolute Gasteiger partial charge is 0.298 e. The Morgan fingerprint density at radius 2 is 1.70 bits per heavy atom. The molecule has 6 nitrogen and oxygen atoms in total. The van der Waals surface area contributed by atoms with E-state index in [1.807, 2.05) is 67.6 Å². The van der Waals surface area contributed by atoms with Crippen LogP contribution < -0.4 is 5.32 Å². The van der Waals surface area contributed by atoms with Gasteiger partial charge >= 0.3 is 0 Å². The molecule has 7 heteroatoms. The summed E-state index contributed by atoms with van der Waals surface area (Å²) in [6, 6.07) is 19.4. The molecule has 0 radical (unpaired) electrons. The maximum atomic E-state index is 12.8. The van der Waals surface area contributed by atoms with Crippen LogP contribution in [0.1, 0.15) is 38.2 Å². The first-order valence-electron chi connectivity index (χ1n) is 9.48. The monoisotopic (exact) mass is 416 g/mol. The topological polar surface area (TPSA) is 76.9 Å². The Hall–Kier alpha value is -3.58. The molecule has 0 unspecified atom stereocenters. The van der Waals surface area contributed by atoms with E-state index in [1.165, 1.54) is 18.3 Å². The second-order valence-electron chi connectivity index (χ2n) is 6.86. The molecule has 0 spiro atoms. The number of ketones is 1. The number of hydrogen-bond donors (Lipinski definition) is 1. The van der Waals surface area contributed by atoms with Crippen molar-refractivity contribution in [2.75, 3.05) is 5.32 Å². The molecule has 0 aliphatic carbocycles. The predicted octanol–water partition coefficient (Wildman–Crippen LogP) is 4.82. The van der Waals surface area contributed by atoms with E-state index in [-0.39, 0.29) is 11.7 Å². The van der Waals surface area contributed by atoms with Crippen LogP contribution in [0.5, 0.6) is 0 Å². The highest BCUT2D eigenvalue weighted by Crippen LogP contribution is 2.31. The Labute approximate surface area is 178 Å². The lowest BCUT2D eigenvalue weighted by atomic mass is 10.1. The van der Waals surface area contributed by atoms with E-state index in [9.17, 15) is 9.59 Å². The van der Waals surface area contributed by atoms with Crippen molar-refractivity contribution in [2.24, 2.45) is 0 Å². The number of aromatic nitrogens is 3. The molecule has 1 N–H and O–H groups in total. The first-order valence-corrected chi connectivity index (χ1v) is 10.3. The highest BCUT2D eigenvalue weighted by molar-refractivity contribution is 7.18. The first-order chi connectivity index (χ1) is 14.5. The molecule has 0 saturated heterocycles. The summed E-state index contributed by atoms with van der Waals surface area (Å²) in [7, 11) is 0. The van der Waals surface area contributed by atoms with Crippen LogP contribution in [0.15, 0.2) is 66.9 Å². The molecule has 150 valence electrons. The van der Waals surface area contributed by atoms with Crippen molar-refractivity contribution in [1.82, 2.24) is 14.8 Å². The molecule has 2 aromatic heterocycles. The number of nitrogens with zero attached hydrogens (tertiary/aromatic N) is 3. The third-order valence-corrected chi connectivity index (χ3v) is 5.81. The number of anilines is 1. The van der Waals surface area contributed by atoms with Crippen LogP contribution in [0.2, 0.25) is 0 Å². The summed E-state index contributed by atoms with van der Waals surface area (Å²) in [4.78, 5) is 30.0. The van der Waals surface area contributed by atoms with Crippen LogP contribution in [0, 0.1) is 6.92 Å². The zero-order valence-electron chi connectivity index (χ0n) is 16.6. The molecule has 0 aliphatic rings. The molecular formula is C23H20N4O2S. The fourth-order valence-electron chi connectivity index (χ4n) is 3.15. The lowest BCUT2D eigenvalue weighted by molar-refractivity contribution is 0.101. The van der Waals surface area contributed by atoms with Gasteiger partial charge in [0.15, 0.2) is 10.9 Å². The van der Waals surface area contributed by atoms with Crippen LogP contribution in [0.3, 0.4) is 0 Å². The minimum atomic E-state index is -0.296. The zero-order chi connectivity index (χ0) is 21.1. The summed E-state index contributed by atoms with van der Waals surface area (Å²) in [5.41, 5.74) is 3.77. The van der Waals surface area contributed by atoms with E-state index in [2.05, 4.69) is 15.4 Å². The Bertz CT molecular complexity index is 1200. The van der Waals surface area contributed by atoms with Crippen molar-refractivity contribution in [3.05, 3.63) is 88.6 Å². The number of nitrogens with one attached hydrogen (secondary N) is 1. The Morgan fingerprint density at radius 3 is 2.37 bits per heavy atom. The average molecular weight is 417 g/mol. The van der Waals surface area contributed by atoms with Gasteiger partial charge in [-0.3, -0.25) is 19.6 Å². The maximum absolute atomic E-state index is 12.8. The smallest absolute Gasteiger partial charge is 0.260 e. The number of rotatable bonds is 6. The van der Waals surface area contributed by atoms with Gasteiger partial charge in [0.25, 0.3) is 5.91 Å². The fraction of sp³-hybridized carbons (Fsp3) is 0.130. The molecule has 0 saturated carbocycles. The number of carbonyl (C=O) groups excluding carboxylic acids is 2. The van der Waals surface area contributed by atoms with Crippen molar-refractivity contribution in [3.8, 4) is 11.3 Å². The van der Waals surface area contributed by atoms with Gasteiger partial charge in [0, 0.05) is 18.2 Å². The molecule has 0 bridgehead atoms. The second-order valence-corrected chi connectivity index (χ2v) is 7.86. The maximum Gasteiger partial charge on any atom is 0.260 e. The zero-order valence-corrected chi connectivity index (χ0v) is 17.4. The van der Waals surface area contributed by atoms with Crippen molar-refractivity contribution >= 4 is 28.2 Å². The Kier molecular flexibility index (Phi) is 5.54. The molecule has 2 heterocycles. The van der Waals surface area contributed by atoms with E-state index >= 15 is 0 Å². The van der Waals surface area contributed by atoms with Gasteiger partial charge in [-0.05, 0) is 12.5 Å². The number of Topliss-reactive ketones (excluding diaryl/α,β-unsaturated/α-hetero) is 1. The molecular weight excluding hydrogens is 396 g/mol. The van der Waals surface area contributed by atoms with E-state index < -0.39 is 0 Å². The molecule has 30 heavy (non-hydrogen) atoms. The van der Waals surface area contributed by atoms with Gasteiger partial charge in [-0.2, -0.15) is 5.10 Å². The molecule has 2 aromatic carbocycles. The van der Waals surface area contributed by atoms with E-state index in [4.69, 9.17) is 0 Å². The van der Waals surface area contributed by atoms with Gasteiger partial charge in [-0.25, -0.2) is 4.98 Å².